The molecule has 1 aromatic rings. The van der Waals surface area contributed by atoms with E-state index in [0.717, 1.165) is 17.9 Å². The highest BCUT2D eigenvalue weighted by Gasteiger charge is 2.42. The number of hydrogen-bond acceptors (Lipinski definition) is 1. The fourth-order valence-electron chi connectivity index (χ4n) is 3.64. The molecular weight excluding hydrogens is 254 g/mol. The summed E-state index contributed by atoms with van der Waals surface area (Å²) in [5.41, 5.74) is 1.54. The van der Waals surface area contributed by atoms with E-state index in [1.807, 2.05) is 0 Å². The van der Waals surface area contributed by atoms with Crippen LogP contribution in [0.4, 0.5) is 0 Å². The molecule has 1 aromatic carbocycles. The van der Waals surface area contributed by atoms with E-state index in [1.54, 1.807) is 5.56 Å². The predicted molar refractivity (Wildman–Crippen MR) is 92.7 cm³/mol. The second kappa shape index (κ2) is 9.25. The van der Waals surface area contributed by atoms with Gasteiger partial charge in [-0.25, -0.2) is 0 Å². The molecule has 2 rings (SSSR count). The Morgan fingerprint density at radius 3 is 2.33 bits per heavy atom. The van der Waals surface area contributed by atoms with Crippen LogP contribution in [0, 0.1) is 5.92 Å². The summed E-state index contributed by atoms with van der Waals surface area (Å²) in [7, 11) is 2.15. The normalized spacial score (nSPS) is 22.2. The van der Waals surface area contributed by atoms with Gasteiger partial charge in [-0.2, -0.15) is 0 Å². The third-order valence-corrected chi connectivity index (χ3v) is 5.07. The van der Waals surface area contributed by atoms with E-state index < -0.39 is 0 Å². The first-order valence-electron chi connectivity index (χ1n) is 9.09. The van der Waals surface area contributed by atoms with Gasteiger partial charge in [-0.1, -0.05) is 82.2 Å². The summed E-state index contributed by atoms with van der Waals surface area (Å²) in [6.45, 7) is 2.29. The quantitative estimate of drug-likeness (QED) is 0.528. The van der Waals surface area contributed by atoms with Gasteiger partial charge in [-0.15, -0.1) is 0 Å². The van der Waals surface area contributed by atoms with Crippen molar-refractivity contribution in [2.24, 2.45) is 5.92 Å². The highest BCUT2D eigenvalue weighted by atomic mass is 14.9. The maximum atomic E-state index is 3.57. The van der Waals surface area contributed by atoms with Crippen molar-refractivity contribution >= 4 is 0 Å². The molecule has 3 unspecified atom stereocenters. The van der Waals surface area contributed by atoms with E-state index >= 15 is 0 Å². The van der Waals surface area contributed by atoms with Gasteiger partial charge in [-0.05, 0) is 37.3 Å². The van der Waals surface area contributed by atoms with E-state index in [1.165, 1.54) is 57.8 Å². The van der Waals surface area contributed by atoms with Crippen LogP contribution >= 0.6 is 0 Å². The van der Waals surface area contributed by atoms with Crippen LogP contribution in [0.15, 0.2) is 30.3 Å². The molecule has 0 amide bonds. The largest absolute Gasteiger partial charge is 0.317 e. The smallest absolute Gasteiger partial charge is 0.00983 e. The van der Waals surface area contributed by atoms with Crippen LogP contribution in [-0.4, -0.2) is 13.1 Å². The number of nitrogens with one attached hydrogen (secondary N) is 1. The van der Waals surface area contributed by atoms with Crippen molar-refractivity contribution in [2.45, 2.75) is 76.7 Å². The highest BCUT2D eigenvalue weighted by Crippen LogP contribution is 2.50. The Labute approximate surface area is 131 Å². The monoisotopic (exact) mass is 287 g/mol. The number of hydrogen-bond donors (Lipinski definition) is 1. The van der Waals surface area contributed by atoms with Gasteiger partial charge in [0.15, 0.2) is 0 Å². The maximum Gasteiger partial charge on any atom is 0.00983 e. The van der Waals surface area contributed by atoms with E-state index in [2.05, 4.69) is 49.6 Å². The van der Waals surface area contributed by atoms with Gasteiger partial charge in [0.25, 0.3) is 0 Å². The minimum atomic E-state index is 0.728. The summed E-state index contributed by atoms with van der Waals surface area (Å²) in [4.78, 5) is 0. The van der Waals surface area contributed by atoms with Gasteiger partial charge >= 0.3 is 0 Å². The molecule has 1 aliphatic carbocycles. The average molecular weight is 287 g/mol. The van der Waals surface area contributed by atoms with Crippen LogP contribution in [0.1, 0.15) is 76.2 Å². The van der Waals surface area contributed by atoms with Crippen LogP contribution in [0.25, 0.3) is 0 Å². The van der Waals surface area contributed by atoms with Crippen molar-refractivity contribution in [3.05, 3.63) is 35.9 Å². The molecule has 0 radical (unpaired) electrons. The van der Waals surface area contributed by atoms with E-state index in [4.69, 9.17) is 0 Å². The summed E-state index contributed by atoms with van der Waals surface area (Å²) >= 11 is 0. The first kappa shape index (κ1) is 16.5. The summed E-state index contributed by atoms with van der Waals surface area (Å²) in [5.74, 6) is 1.69. The van der Waals surface area contributed by atoms with Gasteiger partial charge < -0.3 is 5.32 Å². The Hall–Kier alpha value is -0.820. The fraction of sp³-hybridized carbons (Fsp3) is 0.700. The lowest BCUT2D eigenvalue weighted by atomic mass is 9.99. The first-order valence-corrected chi connectivity index (χ1v) is 9.09. The topological polar surface area (TPSA) is 12.0 Å². The number of benzene rings is 1. The molecule has 0 bridgehead atoms. The zero-order chi connectivity index (χ0) is 14.9. The SMILES string of the molecule is CCCCCCCCCC(NC)C1CC1c1ccccc1. The van der Waals surface area contributed by atoms with Crippen LogP contribution in [0.3, 0.4) is 0 Å². The molecule has 1 N–H and O–H groups in total. The lowest BCUT2D eigenvalue weighted by Crippen LogP contribution is -2.27. The van der Waals surface area contributed by atoms with E-state index in [9.17, 15) is 0 Å². The van der Waals surface area contributed by atoms with E-state index in [-0.39, 0.29) is 0 Å². The van der Waals surface area contributed by atoms with Crippen LogP contribution in [-0.2, 0) is 0 Å². The van der Waals surface area contributed by atoms with Crippen LogP contribution in [0.5, 0.6) is 0 Å². The standard InChI is InChI=1S/C20H33N/c1-3-4-5-6-7-8-12-15-20(21-2)19-16-18(19)17-13-10-9-11-14-17/h9-11,13-14,18-21H,3-8,12,15-16H2,1-2H3. The molecule has 1 aliphatic rings. The maximum absolute atomic E-state index is 3.57. The second-order valence-electron chi connectivity index (χ2n) is 6.72. The Morgan fingerprint density at radius 1 is 1.00 bits per heavy atom. The fourth-order valence-corrected chi connectivity index (χ4v) is 3.64. The van der Waals surface area contributed by atoms with Gasteiger partial charge in [0.1, 0.15) is 0 Å². The molecule has 1 nitrogen and oxygen atoms in total. The molecule has 0 saturated heterocycles. The van der Waals surface area contributed by atoms with E-state index in [0.29, 0.717) is 0 Å². The third kappa shape index (κ3) is 5.47. The van der Waals surface area contributed by atoms with Gasteiger partial charge in [0.2, 0.25) is 0 Å². The molecule has 1 saturated carbocycles. The second-order valence-corrected chi connectivity index (χ2v) is 6.72. The summed E-state index contributed by atoms with van der Waals surface area (Å²) in [6, 6.07) is 11.8. The highest BCUT2D eigenvalue weighted by molar-refractivity contribution is 5.26. The number of rotatable bonds is 11. The minimum Gasteiger partial charge on any atom is -0.317 e. The Morgan fingerprint density at radius 2 is 1.67 bits per heavy atom. The van der Waals surface area contributed by atoms with Gasteiger partial charge in [0.05, 0.1) is 0 Å². The van der Waals surface area contributed by atoms with Gasteiger partial charge in [-0.3, -0.25) is 0 Å². The molecule has 0 spiro atoms. The Balaban J connectivity index is 1.61. The Bertz CT molecular complexity index is 373. The van der Waals surface area contributed by atoms with Crippen molar-refractivity contribution in [1.29, 1.82) is 0 Å². The van der Waals surface area contributed by atoms with Crippen molar-refractivity contribution in [2.75, 3.05) is 7.05 Å². The molecule has 1 fully saturated rings. The molecule has 1 heteroatoms. The average Bonchev–Trinajstić information content (AvgIpc) is 3.31. The number of unbranched alkanes of at least 4 members (excludes halogenated alkanes) is 6. The summed E-state index contributed by atoms with van der Waals surface area (Å²) in [6.07, 6.45) is 12.6. The zero-order valence-electron chi connectivity index (χ0n) is 14.0. The summed E-state index contributed by atoms with van der Waals surface area (Å²) in [5, 5.41) is 3.57. The van der Waals surface area contributed by atoms with Crippen molar-refractivity contribution in [3.8, 4) is 0 Å². The summed E-state index contributed by atoms with van der Waals surface area (Å²) < 4.78 is 0. The van der Waals surface area contributed by atoms with Crippen molar-refractivity contribution in [3.63, 3.8) is 0 Å². The molecular formula is C20H33N. The molecule has 118 valence electrons. The molecule has 0 heterocycles. The zero-order valence-corrected chi connectivity index (χ0v) is 14.0. The van der Waals surface area contributed by atoms with Crippen LogP contribution < -0.4 is 5.32 Å². The lowest BCUT2D eigenvalue weighted by molar-refractivity contribution is 0.435. The van der Waals surface area contributed by atoms with Crippen molar-refractivity contribution < 1.29 is 0 Å². The Kier molecular flexibility index (Phi) is 7.29. The third-order valence-electron chi connectivity index (χ3n) is 5.07. The van der Waals surface area contributed by atoms with Gasteiger partial charge in [0, 0.05) is 6.04 Å². The van der Waals surface area contributed by atoms with Crippen molar-refractivity contribution in [1.82, 2.24) is 5.32 Å². The molecule has 21 heavy (non-hydrogen) atoms. The molecule has 0 aromatic heterocycles. The predicted octanol–water partition coefficient (Wildman–Crippen LogP) is 5.52. The molecule has 3 atom stereocenters. The van der Waals surface area contributed by atoms with Crippen LogP contribution in [0.2, 0.25) is 0 Å². The minimum absolute atomic E-state index is 0.728. The lowest BCUT2D eigenvalue weighted by Gasteiger charge is -2.16. The first-order chi connectivity index (χ1) is 10.4. The molecule has 0 aliphatic heterocycles.